The average molecular weight is 438 g/mol. The molecule has 3 rings (SSSR count). The second kappa shape index (κ2) is 8.49. The van der Waals surface area contributed by atoms with Crippen LogP contribution in [0, 0.1) is 0 Å². The van der Waals surface area contributed by atoms with Crippen molar-refractivity contribution >= 4 is 34.8 Å². The summed E-state index contributed by atoms with van der Waals surface area (Å²) in [6.45, 7) is 1.68. The summed E-state index contributed by atoms with van der Waals surface area (Å²) in [6, 6.07) is 3.98. The minimum absolute atomic E-state index is 0.0112. The minimum Gasteiger partial charge on any atom is -0.382 e. The number of aromatic nitrogens is 4. The number of rotatable bonds is 5. The predicted octanol–water partition coefficient (Wildman–Crippen LogP) is 3.76. The summed E-state index contributed by atoms with van der Waals surface area (Å²) in [5, 5.41) is 5.47. The topological polar surface area (TPSA) is 119 Å². The van der Waals surface area contributed by atoms with Gasteiger partial charge in [0.15, 0.2) is 5.69 Å². The molecule has 2 aromatic heterocycles. The Balaban J connectivity index is 1.65. The van der Waals surface area contributed by atoms with Gasteiger partial charge in [0, 0.05) is 5.69 Å². The van der Waals surface area contributed by atoms with Crippen LogP contribution < -0.4 is 16.4 Å². The molecular formula is C18H15ClF3N7O. The van der Waals surface area contributed by atoms with Gasteiger partial charge in [-0.2, -0.15) is 13.2 Å². The molecule has 0 saturated heterocycles. The predicted molar refractivity (Wildman–Crippen MR) is 104 cm³/mol. The van der Waals surface area contributed by atoms with Crippen molar-refractivity contribution in [3.05, 3.63) is 65.0 Å². The smallest absolute Gasteiger partial charge is 0.382 e. The van der Waals surface area contributed by atoms with Crippen LogP contribution in [0.3, 0.4) is 0 Å². The fraction of sp³-hybridized carbons (Fsp3) is 0.167. The SMILES string of the molecule is CC(NC(=O)c1ncnc(N)c1Cl)c1cnc(Nc2ccc(C(F)(F)F)cc2)cn1. The third-order valence-electron chi connectivity index (χ3n) is 3.98. The summed E-state index contributed by atoms with van der Waals surface area (Å²) in [5.41, 5.74) is 5.61. The van der Waals surface area contributed by atoms with Gasteiger partial charge < -0.3 is 16.4 Å². The molecule has 0 radical (unpaired) electrons. The molecule has 1 amide bonds. The molecule has 0 aliphatic carbocycles. The van der Waals surface area contributed by atoms with E-state index in [1.54, 1.807) is 6.92 Å². The van der Waals surface area contributed by atoms with Gasteiger partial charge in [-0.15, -0.1) is 0 Å². The van der Waals surface area contributed by atoms with Gasteiger partial charge in [0.1, 0.15) is 23.0 Å². The number of nitrogens with two attached hydrogens (primary N) is 1. The van der Waals surface area contributed by atoms with Gasteiger partial charge in [0.05, 0.1) is 29.7 Å². The number of amides is 1. The number of nitrogens with zero attached hydrogens (tertiary/aromatic N) is 4. The third kappa shape index (κ3) is 4.92. The minimum atomic E-state index is -4.40. The Hall–Kier alpha value is -3.47. The molecule has 0 bridgehead atoms. The normalized spacial score (nSPS) is 12.3. The van der Waals surface area contributed by atoms with Crippen molar-refractivity contribution in [2.24, 2.45) is 0 Å². The Kier molecular flexibility index (Phi) is 6.01. The third-order valence-corrected chi connectivity index (χ3v) is 4.35. The second-order valence-corrected chi connectivity index (χ2v) is 6.52. The number of carbonyl (C=O) groups excluding carboxylic acids is 1. The monoisotopic (exact) mass is 437 g/mol. The van der Waals surface area contributed by atoms with Crippen molar-refractivity contribution < 1.29 is 18.0 Å². The molecule has 0 saturated carbocycles. The quantitative estimate of drug-likeness (QED) is 0.556. The maximum Gasteiger partial charge on any atom is 0.416 e. The Morgan fingerprint density at radius 1 is 1.10 bits per heavy atom. The van der Waals surface area contributed by atoms with Gasteiger partial charge in [-0.05, 0) is 31.2 Å². The Bertz CT molecular complexity index is 1040. The first-order valence-corrected chi connectivity index (χ1v) is 8.86. The van der Waals surface area contributed by atoms with Crippen molar-refractivity contribution in [3.8, 4) is 0 Å². The van der Waals surface area contributed by atoms with E-state index in [2.05, 4.69) is 30.6 Å². The Labute approximate surface area is 173 Å². The lowest BCUT2D eigenvalue weighted by Gasteiger charge is -2.14. The van der Waals surface area contributed by atoms with Crippen molar-refractivity contribution in [2.75, 3.05) is 11.1 Å². The zero-order valence-corrected chi connectivity index (χ0v) is 16.2. The number of benzene rings is 1. The van der Waals surface area contributed by atoms with Crippen molar-refractivity contribution in [3.63, 3.8) is 0 Å². The van der Waals surface area contributed by atoms with Crippen molar-refractivity contribution in [1.82, 2.24) is 25.3 Å². The number of hydrogen-bond donors (Lipinski definition) is 3. The number of alkyl halides is 3. The maximum atomic E-state index is 12.6. The molecule has 8 nitrogen and oxygen atoms in total. The molecule has 2 heterocycles. The number of nitrogens with one attached hydrogen (secondary N) is 2. The molecule has 1 aromatic carbocycles. The standard InChI is InChI=1S/C18H15ClF3N7O/c1-9(28-17(30)15-14(19)16(23)27-8-26-15)12-6-25-13(7-24-12)29-11-4-2-10(3-5-11)18(20,21)22/h2-9H,1H3,(H,25,29)(H,28,30)(H2,23,26,27). The summed E-state index contributed by atoms with van der Waals surface area (Å²) in [7, 11) is 0. The number of nitrogen functional groups attached to an aromatic ring is 1. The molecule has 4 N–H and O–H groups in total. The van der Waals surface area contributed by atoms with E-state index in [-0.39, 0.29) is 16.5 Å². The van der Waals surface area contributed by atoms with Gasteiger partial charge >= 0.3 is 6.18 Å². The van der Waals surface area contributed by atoms with Crippen LogP contribution in [0.2, 0.25) is 5.02 Å². The first-order chi connectivity index (χ1) is 14.1. The van der Waals surface area contributed by atoms with Crippen LogP contribution in [0.25, 0.3) is 0 Å². The summed E-state index contributed by atoms with van der Waals surface area (Å²) >= 11 is 5.94. The Morgan fingerprint density at radius 3 is 2.40 bits per heavy atom. The number of carbonyl (C=O) groups is 1. The van der Waals surface area contributed by atoms with E-state index in [1.165, 1.54) is 24.5 Å². The average Bonchev–Trinajstić information content (AvgIpc) is 2.70. The number of anilines is 3. The van der Waals surface area contributed by atoms with Crippen LogP contribution in [0.4, 0.5) is 30.5 Å². The first kappa shape index (κ1) is 21.2. The highest BCUT2D eigenvalue weighted by atomic mass is 35.5. The van der Waals surface area contributed by atoms with Crippen LogP contribution in [0.1, 0.15) is 34.7 Å². The fourth-order valence-corrected chi connectivity index (χ4v) is 2.58. The number of halogens is 4. The van der Waals surface area contributed by atoms with E-state index < -0.39 is 23.7 Å². The lowest BCUT2D eigenvalue weighted by atomic mass is 10.2. The van der Waals surface area contributed by atoms with Crippen LogP contribution in [-0.2, 0) is 6.18 Å². The highest BCUT2D eigenvalue weighted by Crippen LogP contribution is 2.30. The molecule has 3 aromatic rings. The summed E-state index contributed by atoms with van der Waals surface area (Å²) in [6.07, 6.45) is -0.455. The highest BCUT2D eigenvalue weighted by molar-refractivity contribution is 6.35. The van der Waals surface area contributed by atoms with Gasteiger partial charge in [0.25, 0.3) is 5.91 Å². The summed E-state index contributed by atoms with van der Waals surface area (Å²) in [4.78, 5) is 28.2. The van der Waals surface area contributed by atoms with Crippen LogP contribution >= 0.6 is 11.6 Å². The largest absolute Gasteiger partial charge is 0.416 e. The number of hydrogen-bond acceptors (Lipinski definition) is 7. The van der Waals surface area contributed by atoms with Crippen LogP contribution in [0.15, 0.2) is 43.0 Å². The van der Waals surface area contributed by atoms with Crippen LogP contribution in [0.5, 0.6) is 0 Å². The zero-order chi connectivity index (χ0) is 21.9. The van der Waals surface area contributed by atoms with Crippen LogP contribution in [-0.4, -0.2) is 25.8 Å². The molecule has 1 unspecified atom stereocenters. The van der Waals surface area contributed by atoms with E-state index in [0.29, 0.717) is 17.2 Å². The molecule has 1 atom stereocenters. The Morgan fingerprint density at radius 2 is 1.80 bits per heavy atom. The lowest BCUT2D eigenvalue weighted by Crippen LogP contribution is -2.28. The molecule has 0 aliphatic heterocycles. The van der Waals surface area contributed by atoms with Gasteiger partial charge in [-0.25, -0.2) is 15.0 Å². The molecule has 0 spiro atoms. The molecule has 30 heavy (non-hydrogen) atoms. The van der Waals surface area contributed by atoms with Gasteiger partial charge in [-0.1, -0.05) is 11.6 Å². The van der Waals surface area contributed by atoms with E-state index in [0.717, 1.165) is 18.5 Å². The van der Waals surface area contributed by atoms with E-state index >= 15 is 0 Å². The molecule has 156 valence electrons. The molecule has 12 heteroatoms. The maximum absolute atomic E-state index is 12.6. The lowest BCUT2D eigenvalue weighted by molar-refractivity contribution is -0.137. The molecule has 0 aliphatic rings. The fourth-order valence-electron chi connectivity index (χ4n) is 2.40. The van der Waals surface area contributed by atoms with E-state index in [4.69, 9.17) is 17.3 Å². The zero-order valence-electron chi connectivity index (χ0n) is 15.4. The van der Waals surface area contributed by atoms with Crippen molar-refractivity contribution in [2.45, 2.75) is 19.1 Å². The molecular weight excluding hydrogens is 423 g/mol. The van der Waals surface area contributed by atoms with Gasteiger partial charge in [-0.3, -0.25) is 9.78 Å². The highest BCUT2D eigenvalue weighted by Gasteiger charge is 2.29. The second-order valence-electron chi connectivity index (χ2n) is 6.14. The van der Waals surface area contributed by atoms with Gasteiger partial charge in [0.2, 0.25) is 0 Å². The summed E-state index contributed by atoms with van der Waals surface area (Å²) in [5.74, 6) is -0.248. The first-order valence-electron chi connectivity index (χ1n) is 8.48. The van der Waals surface area contributed by atoms with E-state index in [9.17, 15) is 18.0 Å². The van der Waals surface area contributed by atoms with E-state index in [1.807, 2.05) is 0 Å². The molecule has 0 fully saturated rings. The summed E-state index contributed by atoms with van der Waals surface area (Å²) < 4.78 is 37.8. The van der Waals surface area contributed by atoms with Crippen molar-refractivity contribution in [1.29, 1.82) is 0 Å².